The Balaban J connectivity index is 3.49. The zero-order valence-corrected chi connectivity index (χ0v) is 6.93. The molecule has 0 spiro atoms. The van der Waals surface area contributed by atoms with Gasteiger partial charge in [0.25, 0.3) is 0 Å². The summed E-state index contributed by atoms with van der Waals surface area (Å²) < 4.78 is -0.297. The molecular formula is C5H9BrN2O2. The Morgan fingerprint density at radius 3 is 2.30 bits per heavy atom. The van der Waals surface area contributed by atoms with Crippen molar-refractivity contribution >= 4 is 26.5 Å². The zero-order valence-electron chi connectivity index (χ0n) is 5.34. The molecule has 0 bridgehead atoms. The molecule has 1 unspecified atom stereocenters. The summed E-state index contributed by atoms with van der Waals surface area (Å²) in [5.41, 5.74) is 10.1. The van der Waals surface area contributed by atoms with Crippen molar-refractivity contribution in [3.05, 3.63) is 0 Å². The maximum atomic E-state index is 10.4. The molecule has 0 saturated heterocycles. The van der Waals surface area contributed by atoms with E-state index in [0.29, 0.717) is 6.42 Å². The van der Waals surface area contributed by atoms with E-state index in [1.54, 1.807) is 0 Å². The summed E-state index contributed by atoms with van der Waals surface area (Å²) in [7, 11) is 0. The second kappa shape index (κ2) is 4.40. The van der Waals surface area contributed by atoms with Gasteiger partial charge in [0, 0.05) is 6.42 Å². The lowest BCUT2D eigenvalue weighted by molar-refractivity contribution is -0.118. The Morgan fingerprint density at radius 1 is 1.50 bits per heavy atom. The van der Waals surface area contributed by atoms with Crippen molar-refractivity contribution in [2.24, 2.45) is 11.5 Å². The Bertz CT molecular complexity index is 149. The summed E-state index contributed by atoms with van der Waals surface area (Å²) in [6.45, 7) is 0. The molecule has 5 heteroatoms. The van der Waals surface area contributed by atoms with Gasteiger partial charge in [0.05, 0.1) is 6.04 Å². The minimum atomic E-state index is -0.618. The molecule has 0 radical (unpaired) electrons. The van der Waals surface area contributed by atoms with Gasteiger partial charge in [-0.2, -0.15) is 0 Å². The minimum Gasteiger partial charge on any atom is -0.370 e. The molecule has 0 aromatic carbocycles. The van der Waals surface area contributed by atoms with Crippen molar-refractivity contribution in [2.75, 3.05) is 0 Å². The van der Waals surface area contributed by atoms with Crippen LogP contribution in [0.1, 0.15) is 12.8 Å². The van der Waals surface area contributed by atoms with Gasteiger partial charge in [0.2, 0.25) is 10.6 Å². The fourth-order valence-corrected chi connectivity index (χ4v) is 0.640. The van der Waals surface area contributed by atoms with Crippen LogP contribution in [0, 0.1) is 0 Å². The number of hydrogen-bond acceptors (Lipinski definition) is 3. The van der Waals surface area contributed by atoms with Gasteiger partial charge in [-0.15, -0.1) is 0 Å². The van der Waals surface area contributed by atoms with E-state index in [1.165, 1.54) is 0 Å². The molecule has 1 atom stereocenters. The van der Waals surface area contributed by atoms with Crippen LogP contribution in [0.3, 0.4) is 0 Å². The van der Waals surface area contributed by atoms with Crippen LogP contribution < -0.4 is 11.5 Å². The van der Waals surface area contributed by atoms with E-state index in [2.05, 4.69) is 15.9 Å². The SMILES string of the molecule is NC(=O)CCC(N)C(=O)Br. The predicted molar refractivity (Wildman–Crippen MR) is 40.3 cm³/mol. The third-order valence-corrected chi connectivity index (χ3v) is 1.58. The van der Waals surface area contributed by atoms with Crippen LogP contribution in [0.5, 0.6) is 0 Å². The van der Waals surface area contributed by atoms with Gasteiger partial charge in [-0.3, -0.25) is 9.59 Å². The number of hydrogen-bond donors (Lipinski definition) is 2. The van der Waals surface area contributed by atoms with Gasteiger partial charge in [-0.25, -0.2) is 0 Å². The normalized spacial score (nSPS) is 12.6. The summed E-state index contributed by atoms with van der Waals surface area (Å²) in [5, 5.41) is 0. The molecule has 0 aliphatic carbocycles. The summed E-state index contributed by atoms with van der Waals surface area (Å²) >= 11 is 2.67. The Kier molecular flexibility index (Phi) is 4.22. The van der Waals surface area contributed by atoms with Crippen molar-refractivity contribution < 1.29 is 9.59 Å². The van der Waals surface area contributed by atoms with Crippen LogP contribution in [-0.4, -0.2) is 16.6 Å². The second-order valence-corrected chi connectivity index (χ2v) is 2.70. The van der Waals surface area contributed by atoms with Crippen molar-refractivity contribution in [1.82, 2.24) is 0 Å². The van der Waals surface area contributed by atoms with Crippen LogP contribution >= 0.6 is 15.9 Å². The molecule has 0 aromatic heterocycles. The smallest absolute Gasteiger partial charge is 0.217 e. The Hall–Kier alpha value is -0.420. The van der Waals surface area contributed by atoms with Crippen molar-refractivity contribution in [3.63, 3.8) is 0 Å². The summed E-state index contributed by atoms with van der Waals surface area (Å²) in [4.78, 5) is 20.6. The number of nitrogens with two attached hydrogens (primary N) is 2. The number of amides is 1. The summed E-state index contributed by atoms with van der Waals surface area (Å²) in [6, 6.07) is -0.618. The third-order valence-electron chi connectivity index (χ3n) is 0.993. The van der Waals surface area contributed by atoms with E-state index in [9.17, 15) is 9.59 Å². The highest BCUT2D eigenvalue weighted by molar-refractivity contribution is 9.18. The molecule has 4 N–H and O–H groups in total. The molecular weight excluding hydrogens is 200 g/mol. The van der Waals surface area contributed by atoms with E-state index in [4.69, 9.17) is 11.5 Å². The maximum absolute atomic E-state index is 10.4. The van der Waals surface area contributed by atoms with Crippen molar-refractivity contribution in [2.45, 2.75) is 18.9 Å². The molecule has 4 nitrogen and oxygen atoms in total. The van der Waals surface area contributed by atoms with Gasteiger partial charge in [-0.05, 0) is 22.4 Å². The third kappa shape index (κ3) is 4.46. The summed E-state index contributed by atoms with van der Waals surface area (Å²) in [5.74, 6) is -0.441. The van der Waals surface area contributed by atoms with Crippen LogP contribution in [0.15, 0.2) is 0 Å². The molecule has 10 heavy (non-hydrogen) atoms. The lowest BCUT2D eigenvalue weighted by Gasteiger charge is -2.02. The van der Waals surface area contributed by atoms with Crippen LogP contribution in [-0.2, 0) is 9.59 Å². The van der Waals surface area contributed by atoms with Crippen LogP contribution in [0.4, 0.5) is 0 Å². The number of carbonyl (C=O) groups excluding carboxylic acids is 2. The fraction of sp³-hybridized carbons (Fsp3) is 0.600. The van der Waals surface area contributed by atoms with E-state index in [1.807, 2.05) is 0 Å². The molecule has 0 aliphatic heterocycles. The Morgan fingerprint density at radius 2 is 2.00 bits per heavy atom. The first-order chi connectivity index (χ1) is 4.54. The average Bonchev–Trinajstić information content (AvgIpc) is 1.82. The maximum Gasteiger partial charge on any atom is 0.217 e. The predicted octanol–water partition coefficient (Wildman–Crippen LogP) is -0.499. The first-order valence-corrected chi connectivity index (χ1v) is 3.56. The molecule has 0 aromatic rings. The highest BCUT2D eigenvalue weighted by atomic mass is 79.9. The molecule has 1 amide bonds. The fourth-order valence-electron chi connectivity index (χ4n) is 0.411. The highest BCUT2D eigenvalue weighted by Crippen LogP contribution is 1.98. The van der Waals surface area contributed by atoms with Crippen molar-refractivity contribution in [3.8, 4) is 0 Å². The molecule has 0 fully saturated rings. The quantitative estimate of drug-likeness (QED) is 0.612. The molecule has 0 saturated carbocycles. The molecule has 58 valence electrons. The average molecular weight is 209 g/mol. The van der Waals surface area contributed by atoms with Gasteiger partial charge in [0.1, 0.15) is 0 Å². The van der Waals surface area contributed by atoms with Gasteiger partial charge < -0.3 is 11.5 Å². The highest BCUT2D eigenvalue weighted by Gasteiger charge is 2.09. The largest absolute Gasteiger partial charge is 0.370 e. The monoisotopic (exact) mass is 208 g/mol. The number of carbonyl (C=O) groups is 2. The van der Waals surface area contributed by atoms with Gasteiger partial charge >= 0.3 is 0 Å². The van der Waals surface area contributed by atoms with E-state index in [0.717, 1.165) is 0 Å². The van der Waals surface area contributed by atoms with Gasteiger partial charge in [0.15, 0.2) is 0 Å². The standard InChI is InChI=1S/C5H9BrN2O2/c6-5(10)3(7)1-2-4(8)9/h3H,1-2,7H2,(H2,8,9). The van der Waals surface area contributed by atoms with E-state index in [-0.39, 0.29) is 11.1 Å². The summed E-state index contributed by atoms with van der Waals surface area (Å²) in [6.07, 6.45) is 0.456. The molecule has 0 aliphatic rings. The number of rotatable bonds is 4. The van der Waals surface area contributed by atoms with E-state index < -0.39 is 11.9 Å². The minimum absolute atomic E-state index is 0.151. The Labute approximate surface area is 67.1 Å². The topological polar surface area (TPSA) is 86.2 Å². The second-order valence-electron chi connectivity index (χ2n) is 1.92. The lowest BCUT2D eigenvalue weighted by atomic mass is 10.2. The van der Waals surface area contributed by atoms with Crippen LogP contribution in [0.2, 0.25) is 0 Å². The molecule has 0 heterocycles. The van der Waals surface area contributed by atoms with Crippen LogP contribution in [0.25, 0.3) is 0 Å². The van der Waals surface area contributed by atoms with Crippen molar-refractivity contribution in [1.29, 1.82) is 0 Å². The zero-order chi connectivity index (χ0) is 8.15. The van der Waals surface area contributed by atoms with E-state index >= 15 is 0 Å². The number of primary amides is 1. The first-order valence-electron chi connectivity index (χ1n) is 2.77. The number of halogens is 1. The lowest BCUT2D eigenvalue weighted by Crippen LogP contribution is -2.28. The molecule has 0 rings (SSSR count). The van der Waals surface area contributed by atoms with Gasteiger partial charge in [-0.1, -0.05) is 0 Å². The first kappa shape index (κ1) is 9.58.